The van der Waals surface area contributed by atoms with Crippen LogP contribution in [0.4, 0.5) is 11.4 Å². The topological polar surface area (TPSA) is 49.3 Å². The molecule has 0 bridgehead atoms. The zero-order valence-electron chi connectivity index (χ0n) is 10.4. The van der Waals surface area contributed by atoms with Gasteiger partial charge in [-0.3, -0.25) is 0 Å². The quantitative estimate of drug-likeness (QED) is 0.860. The van der Waals surface area contributed by atoms with Crippen LogP contribution < -0.4 is 5.32 Å². The standard InChI is InChI=1S/C15H15NO2/c1-10-5-3-7-12(9-10)16-14-11(2)6-4-8-13(14)15(17)18/h3-9,16H,1-2H3,(H,17,18). The third-order valence-corrected chi connectivity index (χ3v) is 2.79. The van der Waals surface area contributed by atoms with Crippen LogP contribution in [-0.4, -0.2) is 11.1 Å². The summed E-state index contributed by atoms with van der Waals surface area (Å²) in [4.78, 5) is 11.2. The van der Waals surface area contributed by atoms with E-state index in [0.29, 0.717) is 5.69 Å². The highest BCUT2D eigenvalue weighted by Crippen LogP contribution is 2.25. The summed E-state index contributed by atoms with van der Waals surface area (Å²) in [5, 5.41) is 12.4. The average Bonchev–Trinajstić information content (AvgIpc) is 2.31. The minimum absolute atomic E-state index is 0.288. The molecule has 0 atom stereocenters. The van der Waals surface area contributed by atoms with Crippen LogP contribution in [0.3, 0.4) is 0 Å². The van der Waals surface area contributed by atoms with E-state index in [0.717, 1.165) is 16.8 Å². The lowest BCUT2D eigenvalue weighted by molar-refractivity contribution is 0.0698. The minimum atomic E-state index is -0.922. The summed E-state index contributed by atoms with van der Waals surface area (Å²) < 4.78 is 0. The van der Waals surface area contributed by atoms with E-state index < -0.39 is 5.97 Å². The molecule has 18 heavy (non-hydrogen) atoms. The van der Waals surface area contributed by atoms with Gasteiger partial charge in [0.2, 0.25) is 0 Å². The molecule has 0 spiro atoms. The molecule has 0 aliphatic carbocycles. The molecular formula is C15H15NO2. The summed E-state index contributed by atoms with van der Waals surface area (Å²) >= 11 is 0. The third kappa shape index (κ3) is 2.51. The number of aryl methyl sites for hydroxylation is 2. The molecule has 0 saturated heterocycles. The molecule has 0 saturated carbocycles. The third-order valence-electron chi connectivity index (χ3n) is 2.79. The number of carbonyl (C=O) groups is 1. The molecule has 0 aliphatic rings. The van der Waals surface area contributed by atoms with E-state index in [1.54, 1.807) is 12.1 Å². The van der Waals surface area contributed by atoms with Gasteiger partial charge < -0.3 is 10.4 Å². The normalized spacial score (nSPS) is 10.1. The van der Waals surface area contributed by atoms with E-state index in [-0.39, 0.29) is 5.56 Å². The zero-order valence-corrected chi connectivity index (χ0v) is 10.4. The van der Waals surface area contributed by atoms with E-state index in [4.69, 9.17) is 0 Å². The summed E-state index contributed by atoms with van der Waals surface area (Å²) in [6, 6.07) is 13.1. The van der Waals surface area contributed by atoms with Crippen molar-refractivity contribution in [2.24, 2.45) is 0 Å². The largest absolute Gasteiger partial charge is 0.478 e. The predicted molar refractivity (Wildman–Crippen MR) is 72.6 cm³/mol. The van der Waals surface area contributed by atoms with Crippen molar-refractivity contribution in [3.63, 3.8) is 0 Å². The van der Waals surface area contributed by atoms with E-state index in [9.17, 15) is 9.90 Å². The van der Waals surface area contributed by atoms with Gasteiger partial charge in [-0.1, -0.05) is 24.3 Å². The first-order valence-corrected chi connectivity index (χ1v) is 5.74. The van der Waals surface area contributed by atoms with Gasteiger partial charge in [-0.05, 0) is 43.2 Å². The summed E-state index contributed by atoms with van der Waals surface area (Å²) in [6.45, 7) is 3.89. The van der Waals surface area contributed by atoms with Gasteiger partial charge in [0, 0.05) is 5.69 Å². The van der Waals surface area contributed by atoms with Crippen molar-refractivity contribution >= 4 is 17.3 Å². The number of anilines is 2. The Morgan fingerprint density at radius 3 is 2.50 bits per heavy atom. The van der Waals surface area contributed by atoms with Crippen molar-refractivity contribution in [1.82, 2.24) is 0 Å². The Hall–Kier alpha value is -2.29. The maximum Gasteiger partial charge on any atom is 0.337 e. The molecule has 2 N–H and O–H groups in total. The van der Waals surface area contributed by atoms with Crippen molar-refractivity contribution < 1.29 is 9.90 Å². The van der Waals surface area contributed by atoms with Gasteiger partial charge in [0.1, 0.15) is 0 Å². The molecule has 3 heteroatoms. The van der Waals surface area contributed by atoms with Crippen molar-refractivity contribution in [2.45, 2.75) is 13.8 Å². The Morgan fingerprint density at radius 1 is 1.11 bits per heavy atom. The van der Waals surface area contributed by atoms with Crippen LogP contribution in [0.25, 0.3) is 0 Å². The molecule has 0 unspecified atom stereocenters. The molecule has 0 aliphatic heterocycles. The summed E-state index contributed by atoms with van der Waals surface area (Å²) in [5.74, 6) is -0.922. The van der Waals surface area contributed by atoms with Crippen LogP contribution in [0.15, 0.2) is 42.5 Å². The van der Waals surface area contributed by atoms with E-state index >= 15 is 0 Å². The molecule has 0 aromatic heterocycles. The number of nitrogens with one attached hydrogen (secondary N) is 1. The molecule has 3 nitrogen and oxygen atoms in total. The lowest BCUT2D eigenvalue weighted by Crippen LogP contribution is -2.04. The zero-order chi connectivity index (χ0) is 13.1. The Bertz CT molecular complexity index is 591. The maximum atomic E-state index is 11.2. The lowest BCUT2D eigenvalue weighted by atomic mass is 10.1. The molecule has 2 rings (SSSR count). The lowest BCUT2D eigenvalue weighted by Gasteiger charge is -2.13. The second kappa shape index (κ2) is 4.92. The Labute approximate surface area is 106 Å². The number of hydrogen-bond donors (Lipinski definition) is 2. The van der Waals surface area contributed by atoms with Crippen LogP contribution in [0.5, 0.6) is 0 Å². The number of carboxylic acids is 1. The van der Waals surface area contributed by atoms with E-state index in [2.05, 4.69) is 5.32 Å². The number of hydrogen-bond acceptors (Lipinski definition) is 2. The molecule has 0 amide bonds. The highest BCUT2D eigenvalue weighted by Gasteiger charge is 2.11. The molecule has 92 valence electrons. The number of para-hydroxylation sites is 1. The smallest absolute Gasteiger partial charge is 0.337 e. The van der Waals surface area contributed by atoms with Gasteiger partial charge >= 0.3 is 5.97 Å². The Kier molecular flexibility index (Phi) is 3.33. The minimum Gasteiger partial charge on any atom is -0.478 e. The van der Waals surface area contributed by atoms with E-state index in [1.165, 1.54) is 0 Å². The highest BCUT2D eigenvalue weighted by atomic mass is 16.4. The van der Waals surface area contributed by atoms with E-state index in [1.807, 2.05) is 44.2 Å². The molecule has 0 fully saturated rings. The Morgan fingerprint density at radius 2 is 1.83 bits per heavy atom. The fourth-order valence-electron chi connectivity index (χ4n) is 1.88. The van der Waals surface area contributed by atoms with Gasteiger partial charge in [0.15, 0.2) is 0 Å². The first-order chi connectivity index (χ1) is 8.58. The molecular weight excluding hydrogens is 226 g/mol. The predicted octanol–water partition coefficient (Wildman–Crippen LogP) is 3.75. The van der Waals surface area contributed by atoms with Crippen LogP contribution in [-0.2, 0) is 0 Å². The monoisotopic (exact) mass is 241 g/mol. The highest BCUT2D eigenvalue weighted by molar-refractivity contribution is 5.96. The number of rotatable bonds is 3. The van der Waals surface area contributed by atoms with Crippen molar-refractivity contribution in [1.29, 1.82) is 0 Å². The van der Waals surface area contributed by atoms with Crippen molar-refractivity contribution in [3.05, 3.63) is 59.2 Å². The van der Waals surface area contributed by atoms with Gasteiger partial charge in [-0.2, -0.15) is 0 Å². The van der Waals surface area contributed by atoms with Crippen LogP contribution in [0, 0.1) is 13.8 Å². The first-order valence-electron chi connectivity index (χ1n) is 5.74. The maximum absolute atomic E-state index is 11.2. The fourth-order valence-corrected chi connectivity index (χ4v) is 1.88. The van der Waals surface area contributed by atoms with Gasteiger partial charge in [-0.15, -0.1) is 0 Å². The molecule has 2 aromatic carbocycles. The summed E-state index contributed by atoms with van der Waals surface area (Å²) in [6.07, 6.45) is 0. The van der Waals surface area contributed by atoms with Gasteiger partial charge in [0.05, 0.1) is 11.3 Å². The number of carboxylic acid groups (broad SMARTS) is 1. The molecule has 0 heterocycles. The number of aromatic carboxylic acids is 1. The average molecular weight is 241 g/mol. The van der Waals surface area contributed by atoms with Crippen LogP contribution in [0.1, 0.15) is 21.5 Å². The van der Waals surface area contributed by atoms with Crippen molar-refractivity contribution in [2.75, 3.05) is 5.32 Å². The Balaban J connectivity index is 2.42. The molecule has 2 aromatic rings. The second-order valence-corrected chi connectivity index (χ2v) is 4.30. The van der Waals surface area contributed by atoms with Gasteiger partial charge in [-0.25, -0.2) is 4.79 Å². The second-order valence-electron chi connectivity index (χ2n) is 4.30. The fraction of sp³-hybridized carbons (Fsp3) is 0.133. The van der Waals surface area contributed by atoms with Crippen LogP contribution >= 0.6 is 0 Å². The molecule has 0 radical (unpaired) electrons. The van der Waals surface area contributed by atoms with Crippen molar-refractivity contribution in [3.8, 4) is 0 Å². The SMILES string of the molecule is Cc1cccc(Nc2c(C)cccc2C(=O)O)c1. The van der Waals surface area contributed by atoms with Crippen LogP contribution in [0.2, 0.25) is 0 Å². The summed E-state index contributed by atoms with van der Waals surface area (Å²) in [7, 11) is 0. The number of benzene rings is 2. The summed E-state index contributed by atoms with van der Waals surface area (Å²) in [5.41, 5.74) is 3.88. The van der Waals surface area contributed by atoms with Gasteiger partial charge in [0.25, 0.3) is 0 Å². The first kappa shape index (κ1) is 12.2.